The number of thiophene rings is 2. The number of oxime groups is 2. The van der Waals surface area contributed by atoms with Gasteiger partial charge in [-0.2, -0.15) is 0 Å². The lowest BCUT2D eigenvalue weighted by Crippen LogP contribution is -2.08. The predicted octanol–water partition coefficient (Wildman–Crippen LogP) is 10.9. The number of hydrogen-bond acceptors (Lipinski definition) is 10. The van der Waals surface area contributed by atoms with Crippen molar-refractivity contribution in [2.75, 3.05) is 0 Å². The van der Waals surface area contributed by atoms with E-state index in [0.29, 0.717) is 51.6 Å². The minimum absolute atomic E-state index is 0.0250. The number of carbonyl (C=O) groups is 4. The van der Waals surface area contributed by atoms with Gasteiger partial charge in [-0.15, -0.1) is 22.7 Å². The second-order valence-corrected chi connectivity index (χ2v) is 16.0. The molecule has 0 bridgehead atoms. The molecule has 0 unspecified atom stereocenters. The van der Waals surface area contributed by atoms with Crippen molar-refractivity contribution in [3.63, 3.8) is 0 Å². The first-order valence-electron chi connectivity index (χ1n) is 19.4. The third kappa shape index (κ3) is 7.76. The van der Waals surface area contributed by atoms with Gasteiger partial charge in [0.2, 0.25) is 11.6 Å². The first-order valence-corrected chi connectivity index (χ1v) is 21.2. The van der Waals surface area contributed by atoms with E-state index in [0.717, 1.165) is 67.8 Å². The Kier molecular flexibility index (Phi) is 11.2. The summed E-state index contributed by atoms with van der Waals surface area (Å²) in [7, 11) is 0. The number of rotatable bonds is 14. The summed E-state index contributed by atoms with van der Waals surface area (Å²) in [6, 6.07) is 31.1. The van der Waals surface area contributed by atoms with Crippen LogP contribution in [0.1, 0.15) is 88.6 Å². The molecule has 8 rings (SSSR count). The Labute approximate surface area is 347 Å². The minimum Gasteiger partial charge on any atom is -0.341 e. The highest BCUT2D eigenvalue weighted by Crippen LogP contribution is 2.34. The molecule has 0 atom stereocenters. The smallest absolute Gasteiger partial charge is 0.331 e. The Balaban J connectivity index is 1.12. The Morgan fingerprint density at radius 1 is 0.525 bits per heavy atom. The lowest BCUT2D eigenvalue weighted by atomic mass is 9.98. The summed E-state index contributed by atoms with van der Waals surface area (Å²) < 4.78 is 4.43. The highest BCUT2D eigenvalue weighted by molar-refractivity contribution is 7.12. The summed E-state index contributed by atoms with van der Waals surface area (Å²) in [4.78, 5) is 62.5. The van der Waals surface area contributed by atoms with Crippen LogP contribution >= 0.6 is 22.7 Å². The van der Waals surface area contributed by atoms with E-state index >= 15 is 0 Å². The molecule has 0 radical (unpaired) electrons. The summed E-state index contributed by atoms with van der Waals surface area (Å²) >= 11 is 2.84. The van der Waals surface area contributed by atoms with Gasteiger partial charge in [-0.1, -0.05) is 34.6 Å². The van der Waals surface area contributed by atoms with Gasteiger partial charge in [-0.05, 0) is 117 Å². The van der Waals surface area contributed by atoms with E-state index in [2.05, 4.69) is 33.3 Å². The van der Waals surface area contributed by atoms with E-state index in [1.807, 2.05) is 108 Å². The number of fused-ring (bicyclic) bond motifs is 6. The summed E-state index contributed by atoms with van der Waals surface area (Å²) in [6.07, 6.45) is 1.32. The first kappa shape index (κ1) is 39.3. The molecule has 4 heterocycles. The van der Waals surface area contributed by atoms with Crippen LogP contribution in [-0.2, 0) is 32.4 Å². The Bertz CT molecular complexity index is 2790. The molecule has 0 aliphatic heterocycles. The maximum Gasteiger partial charge on any atom is 0.331 e. The molecule has 0 fully saturated rings. The van der Waals surface area contributed by atoms with Crippen molar-refractivity contribution in [2.24, 2.45) is 10.3 Å². The van der Waals surface area contributed by atoms with Crippen molar-refractivity contribution in [3.05, 3.63) is 140 Å². The van der Waals surface area contributed by atoms with Gasteiger partial charge in [0.05, 0.1) is 21.2 Å². The average Bonchev–Trinajstić information content (AvgIpc) is 4.08. The highest BCUT2D eigenvalue weighted by Gasteiger charge is 2.19. The number of aryl methyl sites for hydroxylation is 2. The van der Waals surface area contributed by atoms with Gasteiger partial charge in [0.15, 0.2) is 0 Å². The van der Waals surface area contributed by atoms with Gasteiger partial charge in [0.1, 0.15) is 0 Å². The lowest BCUT2D eigenvalue weighted by Gasteiger charge is -2.10. The topological polar surface area (TPSA) is 121 Å². The molecule has 296 valence electrons. The van der Waals surface area contributed by atoms with E-state index in [1.165, 1.54) is 36.5 Å². The fourth-order valence-electron chi connectivity index (χ4n) is 7.78. The molecule has 0 saturated carbocycles. The quantitative estimate of drug-likeness (QED) is 0.0466. The molecule has 0 N–H and O–H groups in total. The number of benzene rings is 4. The largest absolute Gasteiger partial charge is 0.341 e. The Morgan fingerprint density at radius 3 is 1.20 bits per heavy atom. The molecule has 8 aromatic rings. The number of aromatic nitrogens is 2. The molecule has 10 nitrogen and oxygen atoms in total. The van der Waals surface area contributed by atoms with Crippen molar-refractivity contribution in [3.8, 4) is 0 Å². The summed E-state index contributed by atoms with van der Waals surface area (Å²) in [6.45, 7) is 8.25. The fourth-order valence-corrected chi connectivity index (χ4v) is 9.15. The highest BCUT2D eigenvalue weighted by atomic mass is 32.1. The molecule has 59 heavy (non-hydrogen) atoms. The van der Waals surface area contributed by atoms with Gasteiger partial charge >= 0.3 is 11.9 Å². The monoisotopic (exact) mass is 820 g/mol. The Morgan fingerprint density at radius 2 is 0.881 bits per heavy atom. The number of nitrogens with zero attached hydrogens (tertiary/aromatic N) is 4. The molecule has 4 aromatic carbocycles. The lowest BCUT2D eigenvalue weighted by molar-refractivity contribution is -0.141. The van der Waals surface area contributed by atoms with Gasteiger partial charge < -0.3 is 18.8 Å². The van der Waals surface area contributed by atoms with E-state index in [4.69, 9.17) is 9.68 Å². The maximum atomic E-state index is 13.3. The zero-order valence-electron chi connectivity index (χ0n) is 33.0. The van der Waals surface area contributed by atoms with Gasteiger partial charge in [0.25, 0.3) is 0 Å². The zero-order valence-corrected chi connectivity index (χ0v) is 34.6. The van der Waals surface area contributed by atoms with Gasteiger partial charge in [-0.25, -0.2) is 9.59 Å². The van der Waals surface area contributed by atoms with Crippen molar-refractivity contribution in [2.45, 2.75) is 60.0 Å². The van der Waals surface area contributed by atoms with E-state index in [9.17, 15) is 19.2 Å². The van der Waals surface area contributed by atoms with Crippen LogP contribution in [0, 0.1) is 0 Å². The third-order valence-electron chi connectivity index (χ3n) is 10.4. The SMILES string of the molecule is CCn1c2ccc(C(=O)c3cccs3)cc2c2cc(/C(CCC/C(=N\OC(C)=O)c3ccc4c(c3)c3cc(C(=O)c5cccs5)ccc3n4CC)=N/OC(C)=O)ccc21. The van der Waals surface area contributed by atoms with Crippen molar-refractivity contribution in [1.82, 2.24) is 9.13 Å². The summed E-state index contributed by atoms with van der Waals surface area (Å²) in [5.41, 5.74) is 7.91. The molecule has 0 aliphatic rings. The molecule has 4 aromatic heterocycles. The maximum absolute atomic E-state index is 13.3. The normalized spacial score (nSPS) is 12.2. The molecule has 0 spiro atoms. The van der Waals surface area contributed by atoms with Crippen molar-refractivity contribution < 1.29 is 28.9 Å². The van der Waals surface area contributed by atoms with E-state index in [-0.39, 0.29) is 11.6 Å². The fraction of sp³-hybridized carbons (Fsp3) is 0.191. The van der Waals surface area contributed by atoms with Gasteiger partial charge in [-0.3, -0.25) is 9.59 Å². The van der Waals surface area contributed by atoms with Crippen molar-refractivity contribution in [1.29, 1.82) is 0 Å². The van der Waals surface area contributed by atoms with E-state index in [1.54, 1.807) is 0 Å². The molecular formula is C47H40N4O6S2. The number of ketones is 2. The molecular weight excluding hydrogens is 781 g/mol. The molecule has 12 heteroatoms. The van der Waals surface area contributed by atoms with Crippen LogP contribution in [0.2, 0.25) is 0 Å². The first-order chi connectivity index (χ1) is 28.6. The molecule has 0 amide bonds. The second-order valence-electron chi connectivity index (χ2n) is 14.1. The third-order valence-corrected chi connectivity index (χ3v) is 12.2. The minimum atomic E-state index is -0.542. The van der Waals surface area contributed by atoms with Crippen LogP contribution in [0.25, 0.3) is 43.6 Å². The number of carbonyl (C=O) groups excluding carboxylic acids is 4. The molecule has 0 saturated heterocycles. The standard InChI is InChI=1S/C47H40N4O6S2/c1-5-50-40-18-14-30(24-34(40)36-26-32(16-20-42(36)50)46(54)44-12-8-22-58-44)38(48-56-28(3)52)10-7-11-39(49-57-29(4)53)31-15-19-41-35(25-31)37-27-33(17-21-43(37)51(41)6-2)47(55)45-13-9-23-59-45/h8-9,12-27H,5-7,10-11H2,1-4H3/b48-38+,49-39+. The Hall–Kier alpha value is -6.50. The summed E-state index contributed by atoms with van der Waals surface area (Å²) in [5.74, 6) is -1.13. The number of hydrogen-bond donors (Lipinski definition) is 0. The predicted molar refractivity (Wildman–Crippen MR) is 236 cm³/mol. The van der Waals surface area contributed by atoms with Crippen LogP contribution in [0.15, 0.2) is 118 Å². The van der Waals surface area contributed by atoms with Crippen LogP contribution in [0.4, 0.5) is 0 Å². The molecule has 0 aliphatic carbocycles. The second kappa shape index (κ2) is 16.8. The van der Waals surface area contributed by atoms with Crippen molar-refractivity contribution >= 4 is 101 Å². The summed E-state index contributed by atoms with van der Waals surface area (Å²) in [5, 5.41) is 16.2. The average molecular weight is 821 g/mol. The van der Waals surface area contributed by atoms with E-state index < -0.39 is 11.9 Å². The van der Waals surface area contributed by atoms with Gasteiger partial charge in [0, 0.05) is 92.8 Å². The van der Waals surface area contributed by atoms with Crippen LogP contribution in [0.3, 0.4) is 0 Å². The van der Waals surface area contributed by atoms with Crippen LogP contribution < -0.4 is 0 Å². The van der Waals surface area contributed by atoms with Crippen LogP contribution in [0.5, 0.6) is 0 Å². The zero-order chi connectivity index (χ0) is 41.2. The van der Waals surface area contributed by atoms with Crippen LogP contribution in [-0.4, -0.2) is 44.1 Å².